The largest absolute Gasteiger partial charge is 0.482 e. The van der Waals surface area contributed by atoms with Crippen molar-refractivity contribution in [1.82, 2.24) is 0 Å². The van der Waals surface area contributed by atoms with Gasteiger partial charge in [0.25, 0.3) is 0 Å². The number of hydrogen-bond acceptors (Lipinski definition) is 4. The van der Waals surface area contributed by atoms with E-state index in [1.54, 1.807) is 0 Å². The van der Waals surface area contributed by atoms with Crippen LogP contribution in [0.5, 0.6) is 5.75 Å². The van der Waals surface area contributed by atoms with Crippen LogP contribution in [0.2, 0.25) is 0 Å². The average Bonchev–Trinajstić information content (AvgIpc) is 2.37. The highest BCUT2D eigenvalue weighted by Gasteiger charge is 2.07. The number of carbonyl (C=O) groups excluding carboxylic acids is 1. The van der Waals surface area contributed by atoms with Gasteiger partial charge in [0, 0.05) is 6.04 Å². The molecule has 1 aromatic rings. The number of rotatable bonds is 7. The second-order valence-corrected chi connectivity index (χ2v) is 4.68. The van der Waals surface area contributed by atoms with Crippen LogP contribution in [0.1, 0.15) is 43.9 Å². The summed E-state index contributed by atoms with van der Waals surface area (Å²) in [7, 11) is 0. The second kappa shape index (κ2) is 7.79. The van der Waals surface area contributed by atoms with E-state index in [1.165, 1.54) is 0 Å². The van der Waals surface area contributed by atoms with Crippen molar-refractivity contribution in [3.63, 3.8) is 0 Å². The van der Waals surface area contributed by atoms with Gasteiger partial charge in [-0.25, -0.2) is 4.79 Å². The first-order chi connectivity index (χ1) is 9.04. The van der Waals surface area contributed by atoms with Crippen molar-refractivity contribution < 1.29 is 14.3 Å². The molecular formula is C15H23NO3. The minimum atomic E-state index is -0.330. The maximum absolute atomic E-state index is 11.4. The zero-order chi connectivity index (χ0) is 14.3. The number of hydrogen-bond donors (Lipinski definition) is 1. The molecule has 0 unspecified atom stereocenters. The van der Waals surface area contributed by atoms with Gasteiger partial charge in [-0.3, -0.25) is 0 Å². The van der Waals surface area contributed by atoms with Crippen LogP contribution >= 0.6 is 0 Å². The highest BCUT2D eigenvalue weighted by Crippen LogP contribution is 2.21. The van der Waals surface area contributed by atoms with Crippen LogP contribution in [0.15, 0.2) is 18.2 Å². The molecule has 0 aliphatic carbocycles. The Hall–Kier alpha value is -1.55. The summed E-state index contributed by atoms with van der Waals surface area (Å²) in [5.41, 5.74) is 7.83. The molecule has 0 saturated carbocycles. The molecule has 1 rings (SSSR count). The van der Waals surface area contributed by atoms with E-state index in [0.29, 0.717) is 12.4 Å². The molecule has 2 N–H and O–H groups in total. The summed E-state index contributed by atoms with van der Waals surface area (Å²) in [6, 6.07) is 5.72. The van der Waals surface area contributed by atoms with E-state index in [1.807, 2.05) is 39.0 Å². The van der Waals surface area contributed by atoms with Gasteiger partial charge in [-0.2, -0.15) is 0 Å². The quantitative estimate of drug-likeness (QED) is 0.608. The Kier molecular flexibility index (Phi) is 6.36. The van der Waals surface area contributed by atoms with E-state index in [9.17, 15) is 4.79 Å². The van der Waals surface area contributed by atoms with E-state index < -0.39 is 0 Å². The molecule has 0 spiro atoms. The summed E-state index contributed by atoms with van der Waals surface area (Å²) in [4.78, 5) is 11.4. The number of unbranched alkanes of at least 4 members (excludes halogenated alkanes) is 1. The van der Waals surface area contributed by atoms with Gasteiger partial charge in [0.1, 0.15) is 5.75 Å². The van der Waals surface area contributed by atoms with Crippen molar-refractivity contribution in [2.24, 2.45) is 5.73 Å². The summed E-state index contributed by atoms with van der Waals surface area (Å²) in [6.45, 7) is 6.32. The molecule has 0 saturated heterocycles. The Morgan fingerprint density at radius 3 is 2.74 bits per heavy atom. The van der Waals surface area contributed by atoms with Crippen LogP contribution in [0.4, 0.5) is 0 Å². The predicted molar refractivity (Wildman–Crippen MR) is 75.1 cm³/mol. The average molecular weight is 265 g/mol. The van der Waals surface area contributed by atoms with Crippen molar-refractivity contribution in [2.75, 3.05) is 13.2 Å². The third-order valence-corrected chi connectivity index (χ3v) is 2.83. The molecular weight excluding hydrogens is 242 g/mol. The lowest BCUT2D eigenvalue weighted by atomic mass is 10.1. The summed E-state index contributed by atoms with van der Waals surface area (Å²) in [5.74, 6) is 0.362. The van der Waals surface area contributed by atoms with Crippen molar-refractivity contribution in [3.05, 3.63) is 29.3 Å². The van der Waals surface area contributed by atoms with E-state index >= 15 is 0 Å². The Bertz CT molecular complexity index is 416. The minimum Gasteiger partial charge on any atom is -0.482 e. The summed E-state index contributed by atoms with van der Waals surface area (Å²) in [6.07, 6.45) is 1.89. The number of esters is 1. The maximum Gasteiger partial charge on any atom is 0.344 e. The molecule has 1 aromatic carbocycles. The Morgan fingerprint density at radius 2 is 2.16 bits per heavy atom. The van der Waals surface area contributed by atoms with E-state index in [2.05, 4.69) is 0 Å². The normalized spacial score (nSPS) is 12.0. The Balaban J connectivity index is 2.47. The molecule has 106 valence electrons. The first kappa shape index (κ1) is 15.5. The fourth-order valence-corrected chi connectivity index (χ4v) is 1.63. The Morgan fingerprint density at radius 1 is 1.42 bits per heavy atom. The molecule has 0 aliphatic heterocycles. The third kappa shape index (κ3) is 5.30. The highest BCUT2D eigenvalue weighted by molar-refractivity contribution is 5.71. The van der Waals surface area contributed by atoms with Gasteiger partial charge in [0.2, 0.25) is 0 Å². The number of nitrogens with two attached hydrogens (primary N) is 1. The molecule has 0 fully saturated rings. The van der Waals surface area contributed by atoms with Gasteiger partial charge in [0.05, 0.1) is 6.61 Å². The van der Waals surface area contributed by atoms with Crippen LogP contribution in [-0.2, 0) is 9.53 Å². The number of aryl methyl sites for hydroxylation is 1. The Labute approximate surface area is 114 Å². The van der Waals surface area contributed by atoms with Crippen LogP contribution in [-0.4, -0.2) is 19.2 Å². The topological polar surface area (TPSA) is 61.5 Å². The van der Waals surface area contributed by atoms with Gasteiger partial charge < -0.3 is 15.2 Å². The minimum absolute atomic E-state index is 0.00763. The predicted octanol–water partition coefficient (Wildman–Crippen LogP) is 2.74. The lowest BCUT2D eigenvalue weighted by Crippen LogP contribution is -2.16. The molecule has 0 aliphatic rings. The zero-order valence-electron chi connectivity index (χ0n) is 11.9. The second-order valence-electron chi connectivity index (χ2n) is 4.68. The van der Waals surface area contributed by atoms with Crippen LogP contribution < -0.4 is 10.5 Å². The number of benzene rings is 1. The summed E-state index contributed by atoms with van der Waals surface area (Å²) < 4.78 is 10.5. The monoisotopic (exact) mass is 265 g/mol. The van der Waals surface area contributed by atoms with Crippen molar-refractivity contribution in [2.45, 2.75) is 39.7 Å². The molecule has 4 heteroatoms. The summed E-state index contributed by atoms with van der Waals surface area (Å²) in [5, 5.41) is 0. The standard InChI is InChI=1S/C15H23NO3/c1-4-5-8-18-15(17)10-19-14-7-6-13(12(3)16)9-11(14)2/h6-7,9,12H,4-5,8,10,16H2,1-3H3/t12-/m0/s1. The van der Waals surface area contributed by atoms with Gasteiger partial charge in [0.15, 0.2) is 6.61 Å². The first-order valence-electron chi connectivity index (χ1n) is 6.69. The lowest BCUT2D eigenvalue weighted by molar-refractivity contribution is -0.146. The fraction of sp³-hybridized carbons (Fsp3) is 0.533. The molecule has 0 radical (unpaired) electrons. The molecule has 1 atom stereocenters. The van der Waals surface area contributed by atoms with Gasteiger partial charge in [-0.1, -0.05) is 25.5 Å². The van der Waals surface area contributed by atoms with E-state index in [-0.39, 0.29) is 18.6 Å². The number of carbonyl (C=O) groups is 1. The number of ether oxygens (including phenoxy) is 2. The first-order valence-corrected chi connectivity index (χ1v) is 6.69. The van der Waals surface area contributed by atoms with E-state index in [4.69, 9.17) is 15.2 Å². The van der Waals surface area contributed by atoms with Crippen LogP contribution in [0, 0.1) is 6.92 Å². The lowest BCUT2D eigenvalue weighted by Gasteiger charge is -2.12. The molecule has 0 bridgehead atoms. The fourth-order valence-electron chi connectivity index (χ4n) is 1.63. The maximum atomic E-state index is 11.4. The van der Waals surface area contributed by atoms with Crippen LogP contribution in [0.25, 0.3) is 0 Å². The molecule has 0 heterocycles. The van der Waals surface area contributed by atoms with E-state index in [0.717, 1.165) is 24.0 Å². The zero-order valence-corrected chi connectivity index (χ0v) is 11.9. The molecule has 0 amide bonds. The molecule has 0 aromatic heterocycles. The van der Waals surface area contributed by atoms with Crippen molar-refractivity contribution in [3.8, 4) is 5.75 Å². The van der Waals surface area contributed by atoms with Crippen LogP contribution in [0.3, 0.4) is 0 Å². The van der Waals surface area contributed by atoms with Gasteiger partial charge in [-0.05, 0) is 37.5 Å². The third-order valence-electron chi connectivity index (χ3n) is 2.83. The van der Waals surface area contributed by atoms with Crippen molar-refractivity contribution in [1.29, 1.82) is 0 Å². The smallest absolute Gasteiger partial charge is 0.344 e. The SMILES string of the molecule is CCCCOC(=O)COc1ccc([C@H](C)N)cc1C. The highest BCUT2D eigenvalue weighted by atomic mass is 16.6. The summed E-state index contributed by atoms with van der Waals surface area (Å²) >= 11 is 0. The molecule has 4 nitrogen and oxygen atoms in total. The van der Waals surface area contributed by atoms with Gasteiger partial charge in [-0.15, -0.1) is 0 Å². The molecule has 19 heavy (non-hydrogen) atoms. The van der Waals surface area contributed by atoms with Crippen molar-refractivity contribution >= 4 is 5.97 Å². The van der Waals surface area contributed by atoms with Gasteiger partial charge >= 0.3 is 5.97 Å².